The number of aromatic nitrogens is 2. The number of hydrogen-bond donors (Lipinski definition) is 2. The van der Waals surface area contributed by atoms with Gasteiger partial charge in [0.25, 0.3) is 0 Å². The standard InChI is InChI=1S/C22H28N4O3/c1-15(26-10-2-3-18(13-26)17-6-9-21(27)24-11-17)22(28)25-20-8-7-19(12-23-20)29-14-16-4-5-16/h6-9,11-12,15-16,18H,2-5,10,13-14H2,1H3,(H,24,27)(H,23,25,28)/t15?,18-/m1/s1. The van der Waals surface area contributed by atoms with Crippen molar-refractivity contribution in [1.82, 2.24) is 14.9 Å². The number of carbonyl (C=O) groups is 1. The summed E-state index contributed by atoms with van der Waals surface area (Å²) in [6.07, 6.45) is 8.03. The number of nitrogens with zero attached hydrogens (tertiary/aromatic N) is 2. The molecular weight excluding hydrogens is 368 g/mol. The van der Waals surface area contributed by atoms with Crippen molar-refractivity contribution in [3.63, 3.8) is 0 Å². The fraction of sp³-hybridized carbons (Fsp3) is 0.500. The van der Waals surface area contributed by atoms with Gasteiger partial charge in [-0.25, -0.2) is 4.98 Å². The van der Waals surface area contributed by atoms with Gasteiger partial charge < -0.3 is 15.0 Å². The number of rotatable bonds is 7. The molecule has 1 aliphatic carbocycles. The lowest BCUT2D eigenvalue weighted by Crippen LogP contribution is -2.46. The van der Waals surface area contributed by atoms with Gasteiger partial charge in [0, 0.05) is 18.8 Å². The maximum Gasteiger partial charge on any atom is 0.247 e. The third kappa shape index (κ3) is 5.23. The summed E-state index contributed by atoms with van der Waals surface area (Å²) in [5.41, 5.74) is 1.02. The molecule has 1 amide bonds. The Hall–Kier alpha value is -2.67. The molecule has 0 radical (unpaired) electrons. The van der Waals surface area contributed by atoms with Crippen molar-refractivity contribution in [3.8, 4) is 5.75 Å². The van der Waals surface area contributed by atoms with E-state index in [-0.39, 0.29) is 17.5 Å². The van der Waals surface area contributed by atoms with E-state index in [1.54, 1.807) is 24.5 Å². The predicted molar refractivity (Wildman–Crippen MR) is 111 cm³/mol. The van der Waals surface area contributed by atoms with Gasteiger partial charge in [0.05, 0.1) is 18.8 Å². The SMILES string of the molecule is CC(C(=O)Nc1ccc(OCC2CC2)cn1)N1CCC[C@@H](c2ccc(=O)[nH]c2)C1. The summed E-state index contributed by atoms with van der Waals surface area (Å²) in [5.74, 6) is 2.22. The molecule has 2 aromatic rings. The lowest BCUT2D eigenvalue weighted by Gasteiger charge is -2.36. The highest BCUT2D eigenvalue weighted by atomic mass is 16.5. The number of anilines is 1. The van der Waals surface area contributed by atoms with Gasteiger partial charge in [0.15, 0.2) is 0 Å². The van der Waals surface area contributed by atoms with Crippen LogP contribution in [0.3, 0.4) is 0 Å². The molecule has 7 heteroatoms. The van der Waals surface area contributed by atoms with E-state index in [4.69, 9.17) is 4.74 Å². The first kappa shape index (κ1) is 19.6. The molecular formula is C22H28N4O3. The number of amides is 1. The van der Waals surface area contributed by atoms with Gasteiger partial charge in [-0.2, -0.15) is 0 Å². The Morgan fingerprint density at radius 1 is 1.31 bits per heavy atom. The van der Waals surface area contributed by atoms with E-state index < -0.39 is 0 Å². The molecule has 2 fully saturated rings. The van der Waals surface area contributed by atoms with Gasteiger partial charge in [0.1, 0.15) is 11.6 Å². The van der Waals surface area contributed by atoms with E-state index in [1.807, 2.05) is 19.1 Å². The average Bonchev–Trinajstić information content (AvgIpc) is 3.58. The number of hydrogen-bond acceptors (Lipinski definition) is 5. The molecule has 7 nitrogen and oxygen atoms in total. The third-order valence-electron chi connectivity index (χ3n) is 5.83. The molecule has 1 unspecified atom stereocenters. The van der Waals surface area contributed by atoms with Gasteiger partial charge in [-0.05, 0) is 68.7 Å². The first-order chi connectivity index (χ1) is 14.1. The molecule has 3 heterocycles. The second-order valence-electron chi connectivity index (χ2n) is 8.12. The maximum atomic E-state index is 12.7. The molecule has 2 aliphatic rings. The normalized spacial score (nSPS) is 20.8. The van der Waals surface area contributed by atoms with Crippen LogP contribution in [0, 0.1) is 5.92 Å². The van der Waals surface area contributed by atoms with E-state index in [1.165, 1.54) is 12.8 Å². The Kier molecular flexibility index (Phi) is 5.94. The van der Waals surface area contributed by atoms with Crippen LogP contribution < -0.4 is 15.6 Å². The van der Waals surface area contributed by atoms with Crippen LogP contribution in [0.2, 0.25) is 0 Å². The number of piperidine rings is 1. The summed E-state index contributed by atoms with van der Waals surface area (Å²) in [6.45, 7) is 4.35. The maximum absolute atomic E-state index is 12.7. The highest BCUT2D eigenvalue weighted by Crippen LogP contribution is 2.30. The fourth-order valence-corrected chi connectivity index (χ4v) is 3.74. The van der Waals surface area contributed by atoms with E-state index >= 15 is 0 Å². The summed E-state index contributed by atoms with van der Waals surface area (Å²) < 4.78 is 5.69. The summed E-state index contributed by atoms with van der Waals surface area (Å²) in [6, 6.07) is 6.82. The third-order valence-corrected chi connectivity index (χ3v) is 5.83. The summed E-state index contributed by atoms with van der Waals surface area (Å²) in [4.78, 5) is 33.3. The van der Waals surface area contributed by atoms with Crippen LogP contribution in [0.25, 0.3) is 0 Å². The highest BCUT2D eigenvalue weighted by Gasteiger charge is 2.28. The fourth-order valence-electron chi connectivity index (χ4n) is 3.74. The molecule has 29 heavy (non-hydrogen) atoms. The van der Waals surface area contributed by atoms with Gasteiger partial charge in [0.2, 0.25) is 11.5 Å². The van der Waals surface area contributed by atoms with Crippen molar-refractivity contribution in [2.24, 2.45) is 5.92 Å². The zero-order chi connectivity index (χ0) is 20.2. The molecule has 1 saturated carbocycles. The lowest BCUT2D eigenvalue weighted by molar-refractivity contribution is -0.121. The zero-order valence-corrected chi connectivity index (χ0v) is 16.8. The Labute approximate surface area is 170 Å². The summed E-state index contributed by atoms with van der Waals surface area (Å²) in [7, 11) is 0. The van der Waals surface area contributed by atoms with Crippen LogP contribution in [0.5, 0.6) is 5.75 Å². The van der Waals surface area contributed by atoms with E-state index in [9.17, 15) is 9.59 Å². The van der Waals surface area contributed by atoms with Gasteiger partial charge in [-0.1, -0.05) is 6.07 Å². The minimum Gasteiger partial charge on any atom is -0.492 e. The first-order valence-corrected chi connectivity index (χ1v) is 10.4. The number of aromatic amines is 1. The molecule has 154 valence electrons. The second kappa shape index (κ2) is 8.78. The van der Waals surface area contributed by atoms with Crippen molar-refractivity contribution < 1.29 is 9.53 Å². The van der Waals surface area contributed by atoms with Crippen LogP contribution in [-0.2, 0) is 4.79 Å². The summed E-state index contributed by atoms with van der Waals surface area (Å²) >= 11 is 0. The average molecular weight is 396 g/mol. The van der Waals surface area contributed by atoms with Crippen LogP contribution in [-0.4, -0.2) is 46.5 Å². The topological polar surface area (TPSA) is 87.3 Å². The number of H-pyrrole nitrogens is 1. The predicted octanol–water partition coefficient (Wildman–Crippen LogP) is 2.77. The number of ether oxygens (including phenoxy) is 1. The van der Waals surface area contributed by atoms with Crippen molar-refractivity contribution in [1.29, 1.82) is 0 Å². The van der Waals surface area contributed by atoms with Crippen molar-refractivity contribution in [2.75, 3.05) is 25.0 Å². The molecule has 4 rings (SSSR count). The minimum atomic E-state index is -0.256. The van der Waals surface area contributed by atoms with E-state index in [2.05, 4.69) is 20.2 Å². The van der Waals surface area contributed by atoms with Gasteiger partial charge in [-0.3, -0.25) is 14.5 Å². The van der Waals surface area contributed by atoms with Crippen LogP contribution in [0.15, 0.2) is 41.5 Å². The minimum absolute atomic E-state index is 0.0636. The molecule has 0 aromatic carbocycles. The monoisotopic (exact) mass is 396 g/mol. The molecule has 1 saturated heterocycles. The lowest BCUT2D eigenvalue weighted by atomic mass is 9.91. The van der Waals surface area contributed by atoms with E-state index in [0.717, 1.165) is 43.9 Å². The van der Waals surface area contributed by atoms with Crippen LogP contribution >= 0.6 is 0 Å². The zero-order valence-electron chi connectivity index (χ0n) is 16.8. The number of pyridine rings is 2. The van der Waals surface area contributed by atoms with Crippen LogP contribution in [0.4, 0.5) is 5.82 Å². The smallest absolute Gasteiger partial charge is 0.247 e. The first-order valence-electron chi connectivity index (χ1n) is 10.4. The van der Waals surface area contributed by atoms with Crippen molar-refractivity contribution in [3.05, 3.63) is 52.6 Å². The number of nitrogens with one attached hydrogen (secondary N) is 2. The second-order valence-corrected chi connectivity index (χ2v) is 8.12. The summed E-state index contributed by atoms with van der Waals surface area (Å²) in [5, 5.41) is 2.91. The Bertz CT molecular complexity index is 871. The molecule has 0 bridgehead atoms. The van der Waals surface area contributed by atoms with Crippen LogP contribution in [0.1, 0.15) is 44.1 Å². The largest absolute Gasteiger partial charge is 0.492 e. The van der Waals surface area contributed by atoms with Gasteiger partial charge >= 0.3 is 0 Å². The molecule has 1 aliphatic heterocycles. The molecule has 0 spiro atoms. The molecule has 2 N–H and O–H groups in total. The molecule has 2 aromatic heterocycles. The Morgan fingerprint density at radius 2 is 2.17 bits per heavy atom. The van der Waals surface area contributed by atoms with E-state index in [0.29, 0.717) is 17.7 Å². The van der Waals surface area contributed by atoms with Gasteiger partial charge in [-0.15, -0.1) is 0 Å². The highest BCUT2D eigenvalue weighted by molar-refractivity contribution is 5.93. The quantitative estimate of drug-likeness (QED) is 0.751. The number of likely N-dealkylation sites (tertiary alicyclic amines) is 1. The molecule has 2 atom stereocenters. The number of carbonyl (C=O) groups excluding carboxylic acids is 1. The van der Waals surface area contributed by atoms with Crippen molar-refractivity contribution in [2.45, 2.75) is 44.6 Å². The Balaban J connectivity index is 1.31. The Morgan fingerprint density at radius 3 is 2.86 bits per heavy atom. The van der Waals surface area contributed by atoms with Crippen molar-refractivity contribution >= 4 is 11.7 Å².